The first-order chi connectivity index (χ1) is 9.80. The van der Waals surface area contributed by atoms with Gasteiger partial charge in [-0.1, -0.05) is 20.8 Å². The van der Waals surface area contributed by atoms with E-state index in [1.165, 1.54) is 13.3 Å². The van der Waals surface area contributed by atoms with E-state index in [2.05, 4.69) is 26.8 Å². The summed E-state index contributed by atoms with van der Waals surface area (Å²) in [6, 6.07) is 7.14. The number of hydrogen-bond acceptors (Lipinski definition) is 3. The van der Waals surface area contributed by atoms with Crippen LogP contribution >= 0.6 is 0 Å². The Kier molecular flexibility index (Phi) is 4.37. The molecule has 1 fully saturated rings. The highest BCUT2D eigenvalue weighted by molar-refractivity contribution is 5.97. The van der Waals surface area contributed by atoms with E-state index >= 15 is 0 Å². The lowest BCUT2D eigenvalue weighted by atomic mass is 9.71. The average molecular weight is 285 g/mol. The second-order valence-electron chi connectivity index (χ2n) is 7.03. The van der Waals surface area contributed by atoms with Crippen LogP contribution < -0.4 is 4.74 Å². The van der Waals surface area contributed by atoms with Crippen molar-refractivity contribution < 1.29 is 9.53 Å². The Hall–Kier alpha value is -1.82. The fourth-order valence-corrected chi connectivity index (χ4v) is 3.51. The summed E-state index contributed by atoms with van der Waals surface area (Å²) in [7, 11) is 0. The van der Waals surface area contributed by atoms with Crippen molar-refractivity contribution in [3.63, 3.8) is 0 Å². The van der Waals surface area contributed by atoms with Crippen LogP contribution in [0.1, 0.15) is 62.9 Å². The summed E-state index contributed by atoms with van der Waals surface area (Å²) in [6.07, 6.45) is 3.28. The Labute approximate surface area is 126 Å². The Morgan fingerprint density at radius 3 is 2.67 bits per heavy atom. The first-order valence-corrected chi connectivity index (χ1v) is 7.52. The molecule has 2 atom stereocenters. The monoisotopic (exact) mass is 285 g/mol. The summed E-state index contributed by atoms with van der Waals surface area (Å²) in [6.45, 7) is 8.30. The van der Waals surface area contributed by atoms with Crippen LogP contribution in [-0.2, 0) is 0 Å². The predicted octanol–water partition coefficient (Wildman–Crippen LogP) is 4.35. The van der Waals surface area contributed by atoms with Gasteiger partial charge in [0.1, 0.15) is 5.75 Å². The largest absolute Gasteiger partial charge is 0.490 e. The molecule has 3 nitrogen and oxygen atoms in total. The number of carbonyl (C=O) groups is 1. The van der Waals surface area contributed by atoms with Gasteiger partial charge in [-0.05, 0) is 55.7 Å². The summed E-state index contributed by atoms with van der Waals surface area (Å²) in [4.78, 5) is 11.7. The zero-order chi connectivity index (χ0) is 15.6. The number of nitriles is 1. The molecule has 0 heterocycles. The number of ketones is 1. The average Bonchev–Trinajstić information content (AvgIpc) is 2.35. The normalized spacial score (nSPS) is 24.1. The molecule has 0 aromatic heterocycles. The van der Waals surface area contributed by atoms with Gasteiger partial charge in [0, 0.05) is 0 Å². The van der Waals surface area contributed by atoms with Crippen molar-refractivity contribution in [1.82, 2.24) is 0 Å². The summed E-state index contributed by atoms with van der Waals surface area (Å²) >= 11 is 0. The molecule has 0 radical (unpaired) electrons. The maximum Gasteiger partial charge on any atom is 0.163 e. The molecular formula is C18H23NO2. The minimum Gasteiger partial charge on any atom is -0.490 e. The van der Waals surface area contributed by atoms with Gasteiger partial charge in [0.2, 0.25) is 0 Å². The Morgan fingerprint density at radius 1 is 1.38 bits per heavy atom. The SMILES string of the molecule is CC(=O)c1ccc(C#N)cc1OC1CC(C)CC(C)(C)C1. The van der Waals surface area contributed by atoms with Crippen molar-refractivity contribution in [2.75, 3.05) is 0 Å². The van der Waals surface area contributed by atoms with E-state index in [0.717, 1.165) is 12.8 Å². The summed E-state index contributed by atoms with van der Waals surface area (Å²) in [5.74, 6) is 1.13. The van der Waals surface area contributed by atoms with Crippen molar-refractivity contribution in [2.24, 2.45) is 11.3 Å². The quantitative estimate of drug-likeness (QED) is 0.775. The van der Waals surface area contributed by atoms with Crippen LogP contribution in [0.15, 0.2) is 18.2 Å². The van der Waals surface area contributed by atoms with Crippen LogP contribution in [0.4, 0.5) is 0 Å². The molecule has 1 aliphatic rings. The lowest BCUT2D eigenvalue weighted by Gasteiger charge is -2.39. The Balaban J connectivity index is 2.26. The molecule has 0 spiro atoms. The molecule has 0 N–H and O–H groups in total. The number of benzene rings is 1. The lowest BCUT2D eigenvalue weighted by molar-refractivity contribution is 0.0554. The Morgan fingerprint density at radius 2 is 2.10 bits per heavy atom. The van der Waals surface area contributed by atoms with Crippen LogP contribution in [0, 0.1) is 22.7 Å². The minimum atomic E-state index is -0.0300. The van der Waals surface area contributed by atoms with E-state index in [9.17, 15) is 4.79 Å². The van der Waals surface area contributed by atoms with Crippen molar-refractivity contribution in [1.29, 1.82) is 5.26 Å². The van der Waals surface area contributed by atoms with Crippen LogP contribution in [-0.4, -0.2) is 11.9 Å². The van der Waals surface area contributed by atoms with Gasteiger partial charge in [-0.3, -0.25) is 4.79 Å². The van der Waals surface area contributed by atoms with E-state index in [-0.39, 0.29) is 17.3 Å². The molecule has 0 bridgehead atoms. The number of carbonyl (C=O) groups excluding carboxylic acids is 1. The highest BCUT2D eigenvalue weighted by Gasteiger charge is 2.33. The first kappa shape index (κ1) is 15.6. The van der Waals surface area contributed by atoms with Gasteiger partial charge in [0.25, 0.3) is 0 Å². The molecule has 112 valence electrons. The molecule has 21 heavy (non-hydrogen) atoms. The van der Waals surface area contributed by atoms with Gasteiger partial charge in [0.05, 0.1) is 23.3 Å². The van der Waals surface area contributed by atoms with E-state index in [0.29, 0.717) is 22.8 Å². The number of Topliss-reactive ketones (excluding diaryl/α,β-unsaturated/α-hetero) is 1. The van der Waals surface area contributed by atoms with Gasteiger partial charge < -0.3 is 4.74 Å². The van der Waals surface area contributed by atoms with Crippen LogP contribution in [0.2, 0.25) is 0 Å². The molecule has 1 aromatic rings. The third-order valence-electron chi connectivity index (χ3n) is 4.13. The van der Waals surface area contributed by atoms with Crippen LogP contribution in [0.25, 0.3) is 0 Å². The predicted molar refractivity (Wildman–Crippen MR) is 82.4 cm³/mol. The number of hydrogen-bond donors (Lipinski definition) is 0. The minimum absolute atomic E-state index is 0.0300. The van der Waals surface area contributed by atoms with Crippen LogP contribution in [0.3, 0.4) is 0 Å². The van der Waals surface area contributed by atoms with Gasteiger partial charge in [-0.2, -0.15) is 5.26 Å². The molecule has 1 saturated carbocycles. The second kappa shape index (κ2) is 5.89. The van der Waals surface area contributed by atoms with Crippen molar-refractivity contribution >= 4 is 5.78 Å². The number of rotatable bonds is 3. The zero-order valence-corrected chi connectivity index (χ0v) is 13.3. The van der Waals surface area contributed by atoms with E-state index in [1.807, 2.05) is 0 Å². The van der Waals surface area contributed by atoms with E-state index < -0.39 is 0 Å². The first-order valence-electron chi connectivity index (χ1n) is 7.52. The molecule has 1 aromatic carbocycles. The standard InChI is InChI=1S/C18H23NO2/c1-12-7-15(10-18(3,4)9-12)21-17-8-14(11-19)5-6-16(17)13(2)20/h5-6,8,12,15H,7,9-10H2,1-4H3. The van der Waals surface area contributed by atoms with E-state index in [1.54, 1.807) is 18.2 Å². The van der Waals surface area contributed by atoms with Crippen LogP contribution in [0.5, 0.6) is 5.75 Å². The van der Waals surface area contributed by atoms with Gasteiger partial charge >= 0.3 is 0 Å². The maximum absolute atomic E-state index is 11.7. The highest BCUT2D eigenvalue weighted by atomic mass is 16.5. The van der Waals surface area contributed by atoms with Crippen molar-refractivity contribution in [3.8, 4) is 11.8 Å². The molecule has 0 amide bonds. The Bertz CT molecular complexity index is 583. The molecule has 1 aliphatic carbocycles. The van der Waals surface area contributed by atoms with Crippen molar-refractivity contribution in [2.45, 2.75) is 53.1 Å². The smallest absolute Gasteiger partial charge is 0.163 e. The molecule has 0 aliphatic heterocycles. The lowest BCUT2D eigenvalue weighted by Crippen LogP contribution is -2.34. The second-order valence-corrected chi connectivity index (χ2v) is 7.03. The number of nitrogens with zero attached hydrogens (tertiary/aromatic N) is 1. The number of ether oxygens (including phenoxy) is 1. The van der Waals surface area contributed by atoms with Gasteiger partial charge in [-0.15, -0.1) is 0 Å². The molecule has 3 heteroatoms. The molecule has 2 rings (SSSR count). The maximum atomic E-state index is 11.7. The summed E-state index contributed by atoms with van der Waals surface area (Å²) in [5.41, 5.74) is 1.34. The van der Waals surface area contributed by atoms with Gasteiger partial charge in [0.15, 0.2) is 5.78 Å². The van der Waals surface area contributed by atoms with Crippen molar-refractivity contribution in [3.05, 3.63) is 29.3 Å². The zero-order valence-electron chi connectivity index (χ0n) is 13.3. The topological polar surface area (TPSA) is 50.1 Å². The van der Waals surface area contributed by atoms with Gasteiger partial charge in [-0.25, -0.2) is 0 Å². The van der Waals surface area contributed by atoms with E-state index in [4.69, 9.17) is 10.00 Å². The fourth-order valence-electron chi connectivity index (χ4n) is 3.51. The fraction of sp³-hybridized carbons (Fsp3) is 0.556. The third kappa shape index (κ3) is 3.85. The summed E-state index contributed by atoms with van der Waals surface area (Å²) in [5, 5.41) is 9.03. The summed E-state index contributed by atoms with van der Waals surface area (Å²) < 4.78 is 6.12. The molecule has 0 saturated heterocycles. The molecular weight excluding hydrogens is 262 g/mol. The highest BCUT2D eigenvalue weighted by Crippen LogP contribution is 2.40. The molecule has 2 unspecified atom stereocenters. The third-order valence-corrected chi connectivity index (χ3v) is 4.13.